The molecule has 31 heavy (non-hydrogen) atoms. The lowest BCUT2D eigenvalue weighted by atomic mass is 9.97. The molecule has 0 fully saturated rings. The molecule has 0 N–H and O–H groups in total. The third kappa shape index (κ3) is 3.52. The minimum Gasteiger partial charge on any atom is -0.497 e. The third-order valence-corrected chi connectivity index (χ3v) is 5.78. The third-order valence-electron chi connectivity index (χ3n) is 5.78. The number of aromatic nitrogens is 3. The molecular formula is C26H24N4O. The van der Waals surface area contributed by atoms with Gasteiger partial charge in [-0.25, -0.2) is 9.67 Å². The largest absolute Gasteiger partial charge is 0.497 e. The van der Waals surface area contributed by atoms with Gasteiger partial charge in [0.15, 0.2) is 5.82 Å². The standard InChI is InChI=1S/C26H24N4O/c1-17-7-9-19(10-8-17)23-16-24(22-6-4-5-15-27-22)30-26(28-23)25(18(2)29-30)20-11-13-21(31-3)14-12-20/h4-15,24H,16H2,1-3H3/t24-/m1/s1. The first-order chi connectivity index (χ1) is 15.1. The molecule has 4 aromatic rings. The highest BCUT2D eigenvalue weighted by atomic mass is 16.5. The van der Waals surface area contributed by atoms with E-state index in [1.165, 1.54) is 5.56 Å². The molecule has 0 saturated carbocycles. The Hall–Kier alpha value is -3.73. The molecule has 5 nitrogen and oxygen atoms in total. The van der Waals surface area contributed by atoms with Crippen LogP contribution in [0.2, 0.25) is 0 Å². The first-order valence-corrected chi connectivity index (χ1v) is 10.4. The molecule has 0 amide bonds. The quantitative estimate of drug-likeness (QED) is 0.436. The Morgan fingerprint density at radius 3 is 2.32 bits per heavy atom. The summed E-state index contributed by atoms with van der Waals surface area (Å²) in [5.74, 6) is 1.71. The van der Waals surface area contributed by atoms with Crippen LogP contribution in [0.1, 0.15) is 35.0 Å². The van der Waals surface area contributed by atoms with Crippen LogP contribution in [0.3, 0.4) is 0 Å². The van der Waals surface area contributed by atoms with Gasteiger partial charge in [0.25, 0.3) is 0 Å². The number of ether oxygens (including phenoxy) is 1. The van der Waals surface area contributed by atoms with Gasteiger partial charge >= 0.3 is 0 Å². The van der Waals surface area contributed by atoms with Crippen LogP contribution in [0.25, 0.3) is 11.1 Å². The van der Waals surface area contributed by atoms with Gasteiger partial charge in [-0.15, -0.1) is 0 Å². The lowest BCUT2D eigenvalue weighted by Gasteiger charge is -2.24. The van der Waals surface area contributed by atoms with E-state index >= 15 is 0 Å². The van der Waals surface area contributed by atoms with Crippen molar-refractivity contribution in [2.45, 2.75) is 26.3 Å². The maximum absolute atomic E-state index is 5.33. The van der Waals surface area contributed by atoms with Gasteiger partial charge in [-0.2, -0.15) is 5.10 Å². The van der Waals surface area contributed by atoms with E-state index in [0.29, 0.717) is 0 Å². The maximum Gasteiger partial charge on any atom is 0.159 e. The molecule has 0 radical (unpaired) electrons. The highest BCUT2D eigenvalue weighted by Gasteiger charge is 2.30. The second-order valence-electron chi connectivity index (χ2n) is 7.86. The zero-order chi connectivity index (χ0) is 21.4. The molecule has 154 valence electrons. The van der Waals surface area contributed by atoms with Crippen molar-refractivity contribution in [1.82, 2.24) is 14.8 Å². The molecular weight excluding hydrogens is 384 g/mol. The fourth-order valence-corrected chi connectivity index (χ4v) is 4.13. The van der Waals surface area contributed by atoms with E-state index in [0.717, 1.165) is 51.8 Å². The van der Waals surface area contributed by atoms with Crippen LogP contribution < -0.4 is 4.74 Å². The number of benzene rings is 2. The van der Waals surface area contributed by atoms with E-state index in [1.54, 1.807) is 7.11 Å². The van der Waals surface area contributed by atoms with Crippen molar-refractivity contribution in [3.63, 3.8) is 0 Å². The van der Waals surface area contributed by atoms with Gasteiger partial charge in [0.2, 0.25) is 0 Å². The molecule has 1 aliphatic heterocycles. The van der Waals surface area contributed by atoms with Crippen LogP contribution in [0.4, 0.5) is 5.82 Å². The Morgan fingerprint density at radius 2 is 1.65 bits per heavy atom. The van der Waals surface area contributed by atoms with Gasteiger partial charge in [-0.1, -0.05) is 48.0 Å². The monoisotopic (exact) mass is 408 g/mol. The van der Waals surface area contributed by atoms with Crippen molar-refractivity contribution in [3.05, 3.63) is 95.4 Å². The number of methoxy groups -OCH3 is 1. The lowest BCUT2D eigenvalue weighted by Crippen LogP contribution is -2.22. The van der Waals surface area contributed by atoms with E-state index in [9.17, 15) is 0 Å². The molecule has 5 rings (SSSR count). The fourth-order valence-electron chi connectivity index (χ4n) is 4.13. The van der Waals surface area contributed by atoms with Gasteiger partial charge in [0, 0.05) is 18.2 Å². The topological polar surface area (TPSA) is 52.3 Å². The number of aryl methyl sites for hydroxylation is 2. The maximum atomic E-state index is 5.33. The molecule has 0 spiro atoms. The van der Waals surface area contributed by atoms with Gasteiger partial charge < -0.3 is 4.74 Å². The summed E-state index contributed by atoms with van der Waals surface area (Å²) in [6.07, 6.45) is 2.59. The number of nitrogens with zero attached hydrogens (tertiary/aromatic N) is 4. The summed E-state index contributed by atoms with van der Waals surface area (Å²) < 4.78 is 7.37. The summed E-state index contributed by atoms with van der Waals surface area (Å²) in [7, 11) is 1.68. The molecule has 0 bridgehead atoms. The van der Waals surface area contributed by atoms with Crippen LogP contribution in [0.15, 0.2) is 77.9 Å². The van der Waals surface area contributed by atoms with Crippen LogP contribution in [-0.2, 0) is 0 Å². The minimum absolute atomic E-state index is 0.00398. The van der Waals surface area contributed by atoms with E-state index in [2.05, 4.69) is 54.4 Å². The van der Waals surface area contributed by atoms with Crippen LogP contribution in [0.5, 0.6) is 5.75 Å². The van der Waals surface area contributed by atoms with Crippen LogP contribution in [-0.4, -0.2) is 27.6 Å². The second-order valence-corrected chi connectivity index (χ2v) is 7.86. The molecule has 3 heterocycles. The van der Waals surface area contributed by atoms with Crippen molar-refractivity contribution >= 4 is 11.5 Å². The van der Waals surface area contributed by atoms with E-state index < -0.39 is 0 Å². The zero-order valence-electron chi connectivity index (χ0n) is 17.9. The summed E-state index contributed by atoms with van der Waals surface area (Å²) in [5.41, 5.74) is 7.50. The van der Waals surface area contributed by atoms with Gasteiger partial charge in [0.05, 0.1) is 24.2 Å². The first-order valence-electron chi connectivity index (χ1n) is 10.4. The average Bonchev–Trinajstić information content (AvgIpc) is 3.15. The molecule has 2 aromatic carbocycles. The average molecular weight is 409 g/mol. The molecule has 0 unspecified atom stereocenters. The Kier molecular flexibility index (Phi) is 4.86. The molecule has 0 aliphatic carbocycles. The number of pyridine rings is 1. The molecule has 5 heteroatoms. The SMILES string of the molecule is COc1ccc(-c2c(C)nn3c2N=C(c2ccc(C)cc2)C[C@@H]3c2ccccn2)cc1. The smallest absolute Gasteiger partial charge is 0.159 e. The Morgan fingerprint density at radius 1 is 0.903 bits per heavy atom. The summed E-state index contributed by atoms with van der Waals surface area (Å²) in [6.45, 7) is 4.14. The van der Waals surface area contributed by atoms with Crippen molar-refractivity contribution in [2.24, 2.45) is 4.99 Å². The molecule has 2 aromatic heterocycles. The predicted molar refractivity (Wildman–Crippen MR) is 123 cm³/mol. The first kappa shape index (κ1) is 19.2. The highest BCUT2D eigenvalue weighted by Crippen LogP contribution is 2.41. The number of fused-ring (bicyclic) bond motifs is 1. The Bertz CT molecular complexity index is 1240. The minimum atomic E-state index is -0.00398. The normalized spacial score (nSPS) is 15.3. The fraction of sp³-hybridized carbons (Fsp3) is 0.192. The lowest BCUT2D eigenvalue weighted by molar-refractivity contribution is 0.415. The highest BCUT2D eigenvalue weighted by molar-refractivity contribution is 6.04. The van der Waals surface area contributed by atoms with Crippen LogP contribution in [0, 0.1) is 13.8 Å². The van der Waals surface area contributed by atoms with Crippen molar-refractivity contribution < 1.29 is 4.74 Å². The van der Waals surface area contributed by atoms with Gasteiger partial charge in [-0.3, -0.25) is 4.98 Å². The summed E-state index contributed by atoms with van der Waals surface area (Å²) >= 11 is 0. The van der Waals surface area contributed by atoms with Crippen molar-refractivity contribution in [1.29, 1.82) is 0 Å². The summed E-state index contributed by atoms with van der Waals surface area (Å²) in [6, 6.07) is 22.7. The Labute approximate surface area is 182 Å². The van der Waals surface area contributed by atoms with Crippen LogP contribution >= 0.6 is 0 Å². The number of hydrogen-bond donors (Lipinski definition) is 0. The second kappa shape index (κ2) is 7.84. The van der Waals surface area contributed by atoms with E-state index in [-0.39, 0.29) is 6.04 Å². The van der Waals surface area contributed by atoms with Gasteiger partial charge in [-0.05, 0) is 49.2 Å². The zero-order valence-corrected chi connectivity index (χ0v) is 17.9. The van der Waals surface area contributed by atoms with Crippen molar-refractivity contribution in [3.8, 4) is 16.9 Å². The van der Waals surface area contributed by atoms with E-state index in [4.69, 9.17) is 14.8 Å². The Balaban J connectivity index is 1.69. The number of hydrogen-bond acceptors (Lipinski definition) is 4. The number of aliphatic imine (C=N–C) groups is 1. The summed E-state index contributed by atoms with van der Waals surface area (Å²) in [4.78, 5) is 9.76. The predicted octanol–water partition coefficient (Wildman–Crippen LogP) is 5.68. The molecule has 1 aliphatic rings. The molecule has 0 saturated heterocycles. The van der Waals surface area contributed by atoms with Gasteiger partial charge in [0.1, 0.15) is 11.8 Å². The number of rotatable bonds is 4. The summed E-state index contributed by atoms with van der Waals surface area (Å²) in [5, 5.41) is 4.91. The molecule has 1 atom stereocenters. The van der Waals surface area contributed by atoms with E-state index in [1.807, 2.05) is 42.1 Å². The van der Waals surface area contributed by atoms with Crippen molar-refractivity contribution in [2.75, 3.05) is 7.11 Å².